The third-order valence-corrected chi connectivity index (χ3v) is 16.3. The molecular weight excluding hydrogens is 600 g/mol. The Morgan fingerprint density at radius 2 is 1.52 bits per heavy atom. The summed E-state index contributed by atoms with van der Waals surface area (Å²) in [6.45, 7) is 18.9. The van der Waals surface area contributed by atoms with E-state index in [9.17, 15) is 9.59 Å². The molecule has 0 bridgehead atoms. The molecule has 4 aliphatic heterocycles. The summed E-state index contributed by atoms with van der Waals surface area (Å²) in [6, 6.07) is 0.214. The van der Waals surface area contributed by atoms with E-state index in [1.807, 2.05) is 4.90 Å². The zero-order valence-corrected chi connectivity index (χ0v) is 30.7. The first-order valence-corrected chi connectivity index (χ1v) is 20.4. The van der Waals surface area contributed by atoms with E-state index in [0.29, 0.717) is 40.6 Å². The minimum atomic E-state index is -0.328. The largest absolute Gasteiger partial charge is 0.353 e. The third-order valence-electron chi connectivity index (χ3n) is 16.3. The number of likely N-dealkylation sites (tertiary alicyclic amines) is 1. The van der Waals surface area contributed by atoms with Gasteiger partial charge < -0.3 is 24.6 Å². The molecule has 12 atom stereocenters. The van der Waals surface area contributed by atoms with Gasteiger partial charge in [0, 0.05) is 57.6 Å². The maximum Gasteiger partial charge on any atom is 0.232 e. The molecule has 4 heterocycles. The summed E-state index contributed by atoms with van der Waals surface area (Å²) in [7, 11) is 0. The highest BCUT2D eigenvalue weighted by Gasteiger charge is 2.69. The number of hydrogen-bond donors (Lipinski definition) is 1. The topological polar surface area (TPSA) is 74.3 Å². The molecule has 8 fully saturated rings. The molecule has 270 valence electrons. The monoisotopic (exact) mass is 667 g/mol. The van der Waals surface area contributed by atoms with Gasteiger partial charge in [-0.05, 0) is 130 Å². The SMILES string of the molecule is C[C@@H]1CC[C@@]2(OC1)O[C@H]1C[C@H]3[C@@H]4CC[C@@H]5CC(NC(=O)CC(=O)N6CCN(CCN7CCCC7)CC6)CC[C@]5(C)[C@H]4CC[C@]3(C)[C@H]1[C@@H]2C. The zero-order valence-electron chi connectivity index (χ0n) is 30.7. The van der Waals surface area contributed by atoms with Gasteiger partial charge in [0.1, 0.15) is 6.42 Å². The summed E-state index contributed by atoms with van der Waals surface area (Å²) in [5, 5.41) is 3.35. The van der Waals surface area contributed by atoms with Crippen LogP contribution in [0.5, 0.6) is 0 Å². The van der Waals surface area contributed by atoms with Gasteiger partial charge in [-0.1, -0.05) is 27.7 Å². The molecule has 0 radical (unpaired) electrons. The number of ether oxygens (including phenoxy) is 2. The molecule has 0 aromatic carbocycles. The molecule has 8 nitrogen and oxygen atoms in total. The Balaban J connectivity index is 0.820. The number of fused-ring (bicyclic) bond motifs is 7. The Labute approximate surface area is 290 Å². The van der Waals surface area contributed by atoms with Crippen LogP contribution in [0.15, 0.2) is 0 Å². The molecule has 0 aromatic rings. The predicted molar refractivity (Wildman–Crippen MR) is 187 cm³/mol. The highest BCUT2D eigenvalue weighted by molar-refractivity contribution is 5.97. The van der Waals surface area contributed by atoms with Gasteiger partial charge in [-0.2, -0.15) is 0 Å². The molecule has 4 saturated heterocycles. The van der Waals surface area contributed by atoms with Crippen molar-refractivity contribution in [2.24, 2.45) is 52.3 Å². The molecule has 1 N–H and O–H groups in total. The second-order valence-corrected chi connectivity index (χ2v) is 18.7. The lowest BCUT2D eigenvalue weighted by molar-refractivity contribution is -0.273. The fourth-order valence-electron chi connectivity index (χ4n) is 13.4. The van der Waals surface area contributed by atoms with Crippen molar-refractivity contribution in [3.8, 4) is 0 Å². The van der Waals surface area contributed by atoms with Gasteiger partial charge in [0.15, 0.2) is 5.79 Å². The van der Waals surface area contributed by atoms with Crippen molar-refractivity contribution in [3.63, 3.8) is 0 Å². The lowest BCUT2D eigenvalue weighted by Crippen LogP contribution is -2.56. The second-order valence-electron chi connectivity index (χ2n) is 18.7. The minimum absolute atomic E-state index is 0.00531. The van der Waals surface area contributed by atoms with Gasteiger partial charge in [0.2, 0.25) is 11.8 Å². The van der Waals surface area contributed by atoms with E-state index < -0.39 is 0 Å². The van der Waals surface area contributed by atoms with Crippen LogP contribution in [0.25, 0.3) is 0 Å². The molecule has 8 rings (SSSR count). The summed E-state index contributed by atoms with van der Waals surface area (Å²) < 4.78 is 13.5. The van der Waals surface area contributed by atoms with E-state index in [-0.39, 0.29) is 30.1 Å². The Hall–Kier alpha value is -1.22. The van der Waals surface area contributed by atoms with Gasteiger partial charge in [0.05, 0.1) is 12.7 Å². The van der Waals surface area contributed by atoms with Gasteiger partial charge in [-0.25, -0.2) is 0 Å². The summed E-state index contributed by atoms with van der Waals surface area (Å²) in [5.74, 6) is 4.40. The van der Waals surface area contributed by atoms with Crippen LogP contribution in [0, 0.1) is 52.3 Å². The van der Waals surface area contributed by atoms with Crippen LogP contribution in [0.4, 0.5) is 0 Å². The summed E-state index contributed by atoms with van der Waals surface area (Å²) in [6.07, 6.45) is 15.2. The van der Waals surface area contributed by atoms with Crippen LogP contribution in [-0.2, 0) is 19.1 Å². The Kier molecular flexibility index (Phi) is 9.24. The smallest absolute Gasteiger partial charge is 0.232 e. The molecule has 48 heavy (non-hydrogen) atoms. The standard InChI is InChI=1S/C40H66N4O4/c1-27-9-14-40(47-26-27)28(2)37-34(48-40)24-33-31-8-7-29-23-30(10-12-38(29,3)32(31)11-13-39(33,37)4)41-35(45)25-36(46)44-21-19-43(20-22-44)18-17-42-15-5-6-16-42/h27-34,37H,5-26H2,1-4H3,(H,41,45)/t27-,28+,29-,30?,31-,32+,33+,34+,37+,38+,39+,40-/m1/s1. The summed E-state index contributed by atoms with van der Waals surface area (Å²) in [4.78, 5) is 33.2. The van der Waals surface area contributed by atoms with E-state index in [1.54, 1.807) is 0 Å². The van der Waals surface area contributed by atoms with E-state index in [0.717, 1.165) is 82.9 Å². The predicted octanol–water partition coefficient (Wildman–Crippen LogP) is 5.55. The molecule has 2 amide bonds. The highest BCUT2D eigenvalue weighted by Crippen LogP contribution is 2.71. The molecule has 4 saturated carbocycles. The molecule has 0 aromatic heterocycles. The fourth-order valence-corrected chi connectivity index (χ4v) is 13.4. The molecule has 8 heteroatoms. The quantitative estimate of drug-likeness (QED) is 0.375. The number of hydrogen-bond acceptors (Lipinski definition) is 6. The van der Waals surface area contributed by atoms with Crippen molar-refractivity contribution in [2.75, 3.05) is 59.0 Å². The van der Waals surface area contributed by atoms with Gasteiger partial charge in [-0.3, -0.25) is 14.5 Å². The average molecular weight is 667 g/mol. The number of carbonyl (C=O) groups excluding carboxylic acids is 2. The van der Waals surface area contributed by atoms with Crippen molar-refractivity contribution in [2.45, 2.75) is 129 Å². The van der Waals surface area contributed by atoms with Gasteiger partial charge in [0.25, 0.3) is 0 Å². The third kappa shape index (κ3) is 5.88. The molecular formula is C40H66N4O4. The van der Waals surface area contributed by atoms with Crippen LogP contribution >= 0.6 is 0 Å². The van der Waals surface area contributed by atoms with E-state index in [4.69, 9.17) is 9.47 Å². The lowest BCUT2D eigenvalue weighted by atomic mass is 9.44. The Morgan fingerprint density at radius 3 is 2.25 bits per heavy atom. The van der Waals surface area contributed by atoms with Crippen molar-refractivity contribution in [1.82, 2.24) is 20.0 Å². The van der Waals surface area contributed by atoms with E-state index in [2.05, 4.69) is 42.8 Å². The molecule has 1 spiro atoms. The maximum atomic E-state index is 13.2. The number of nitrogens with zero attached hydrogens (tertiary/aromatic N) is 3. The van der Waals surface area contributed by atoms with Crippen LogP contribution < -0.4 is 5.32 Å². The number of rotatable bonds is 6. The summed E-state index contributed by atoms with van der Waals surface area (Å²) >= 11 is 0. The van der Waals surface area contributed by atoms with Crippen LogP contribution in [0.2, 0.25) is 0 Å². The number of piperazine rings is 1. The Morgan fingerprint density at radius 1 is 0.792 bits per heavy atom. The first-order valence-electron chi connectivity index (χ1n) is 20.4. The van der Waals surface area contributed by atoms with Crippen molar-refractivity contribution in [3.05, 3.63) is 0 Å². The second kappa shape index (κ2) is 13.1. The van der Waals surface area contributed by atoms with Gasteiger partial charge >= 0.3 is 0 Å². The average Bonchev–Trinajstić information content (AvgIpc) is 3.77. The van der Waals surface area contributed by atoms with Gasteiger partial charge in [-0.15, -0.1) is 0 Å². The number of carbonyl (C=O) groups is 2. The first kappa shape index (κ1) is 33.9. The first-order chi connectivity index (χ1) is 23.1. The van der Waals surface area contributed by atoms with Crippen molar-refractivity contribution >= 4 is 11.8 Å². The Bertz CT molecular complexity index is 1190. The van der Waals surface area contributed by atoms with Crippen molar-refractivity contribution in [1.29, 1.82) is 0 Å². The fraction of sp³-hybridized carbons (Fsp3) is 0.950. The molecule has 4 aliphatic carbocycles. The number of amides is 2. The maximum absolute atomic E-state index is 13.2. The van der Waals surface area contributed by atoms with E-state index >= 15 is 0 Å². The normalized spacial score (nSPS) is 47.8. The molecule has 1 unspecified atom stereocenters. The van der Waals surface area contributed by atoms with Crippen LogP contribution in [0.1, 0.15) is 111 Å². The molecule has 8 aliphatic rings. The number of nitrogens with one attached hydrogen (secondary N) is 1. The minimum Gasteiger partial charge on any atom is -0.353 e. The highest BCUT2D eigenvalue weighted by atomic mass is 16.7. The lowest BCUT2D eigenvalue weighted by Gasteiger charge is -2.61. The van der Waals surface area contributed by atoms with Crippen LogP contribution in [-0.4, -0.2) is 103 Å². The summed E-state index contributed by atoms with van der Waals surface area (Å²) in [5.41, 5.74) is 0.728. The zero-order chi connectivity index (χ0) is 33.3. The van der Waals surface area contributed by atoms with Crippen molar-refractivity contribution < 1.29 is 19.1 Å². The van der Waals surface area contributed by atoms with Crippen LogP contribution in [0.3, 0.4) is 0 Å². The van der Waals surface area contributed by atoms with E-state index in [1.165, 1.54) is 70.9 Å².